The zero-order valence-electron chi connectivity index (χ0n) is 10.5. The quantitative estimate of drug-likeness (QED) is 0.842. The van der Waals surface area contributed by atoms with Gasteiger partial charge in [0.1, 0.15) is 0 Å². The Morgan fingerprint density at radius 3 is 2.69 bits per heavy atom. The van der Waals surface area contributed by atoms with E-state index in [1.807, 2.05) is 0 Å². The van der Waals surface area contributed by atoms with Gasteiger partial charge in [-0.2, -0.15) is 0 Å². The first kappa shape index (κ1) is 11.5. The lowest BCUT2D eigenvalue weighted by atomic mass is 10.1. The maximum Gasteiger partial charge on any atom is 0.0411 e. The lowest BCUT2D eigenvalue weighted by Gasteiger charge is -2.29. The summed E-state index contributed by atoms with van der Waals surface area (Å²) < 4.78 is 0. The molecule has 0 bridgehead atoms. The largest absolute Gasteiger partial charge is 0.371 e. The Labute approximate surface area is 98.4 Å². The number of hydrogen-bond donors (Lipinski definition) is 1. The molecule has 1 aliphatic rings. The average Bonchev–Trinajstić information content (AvgIpc) is 3.10. The number of nitrogens with zero attached hydrogens (tertiary/aromatic N) is 1. The van der Waals surface area contributed by atoms with Gasteiger partial charge in [-0.3, -0.25) is 0 Å². The molecule has 0 aromatic heterocycles. The van der Waals surface area contributed by atoms with E-state index in [0.717, 1.165) is 5.92 Å². The molecule has 1 fully saturated rings. The normalized spacial score (nSPS) is 17.2. The third-order valence-electron chi connectivity index (χ3n) is 3.75. The summed E-state index contributed by atoms with van der Waals surface area (Å²) in [6, 6.07) is 7.21. The molecular formula is C14H22N2. The van der Waals surface area contributed by atoms with E-state index in [-0.39, 0.29) is 0 Å². The van der Waals surface area contributed by atoms with Crippen molar-refractivity contribution in [1.82, 2.24) is 0 Å². The van der Waals surface area contributed by atoms with Gasteiger partial charge in [0.05, 0.1) is 0 Å². The minimum Gasteiger partial charge on any atom is -0.371 e. The predicted octanol–water partition coefficient (Wildman–Crippen LogP) is 2.69. The number of aryl methyl sites for hydroxylation is 1. The van der Waals surface area contributed by atoms with E-state index in [1.54, 1.807) is 0 Å². The minimum atomic E-state index is 0.624. The molecule has 1 aromatic rings. The van der Waals surface area contributed by atoms with E-state index in [2.05, 4.69) is 44.0 Å². The van der Waals surface area contributed by atoms with Gasteiger partial charge >= 0.3 is 0 Å². The molecule has 0 spiro atoms. The van der Waals surface area contributed by atoms with Crippen LogP contribution in [0.4, 0.5) is 5.69 Å². The van der Waals surface area contributed by atoms with Gasteiger partial charge < -0.3 is 10.6 Å². The van der Waals surface area contributed by atoms with Crippen molar-refractivity contribution in [2.75, 3.05) is 11.9 Å². The first-order valence-corrected chi connectivity index (χ1v) is 6.16. The van der Waals surface area contributed by atoms with Crippen LogP contribution >= 0.6 is 0 Å². The summed E-state index contributed by atoms with van der Waals surface area (Å²) in [6.45, 7) is 5.06. The van der Waals surface area contributed by atoms with Crippen molar-refractivity contribution >= 4 is 5.69 Å². The van der Waals surface area contributed by atoms with Crippen LogP contribution in [0.1, 0.15) is 30.9 Å². The van der Waals surface area contributed by atoms with Crippen LogP contribution in [0.15, 0.2) is 18.2 Å². The van der Waals surface area contributed by atoms with Crippen LogP contribution in [-0.4, -0.2) is 13.1 Å². The van der Waals surface area contributed by atoms with E-state index in [4.69, 9.17) is 5.73 Å². The summed E-state index contributed by atoms with van der Waals surface area (Å²) >= 11 is 0. The van der Waals surface area contributed by atoms with Crippen LogP contribution in [0.3, 0.4) is 0 Å². The fraction of sp³-hybridized carbons (Fsp3) is 0.571. The molecular weight excluding hydrogens is 196 g/mol. The van der Waals surface area contributed by atoms with Gasteiger partial charge in [0, 0.05) is 25.3 Å². The second-order valence-electron chi connectivity index (χ2n) is 5.03. The summed E-state index contributed by atoms with van der Waals surface area (Å²) in [4.78, 5) is 2.39. The summed E-state index contributed by atoms with van der Waals surface area (Å²) in [6.07, 6.45) is 2.77. The minimum absolute atomic E-state index is 0.624. The Morgan fingerprint density at radius 2 is 2.12 bits per heavy atom. The molecule has 16 heavy (non-hydrogen) atoms. The highest BCUT2D eigenvalue weighted by Gasteiger charge is 2.31. The highest BCUT2D eigenvalue weighted by atomic mass is 15.1. The number of benzene rings is 1. The Bertz CT molecular complexity index is 369. The van der Waals surface area contributed by atoms with Crippen LogP contribution in [-0.2, 0) is 6.54 Å². The fourth-order valence-corrected chi connectivity index (χ4v) is 2.34. The van der Waals surface area contributed by atoms with Gasteiger partial charge in [-0.1, -0.05) is 17.7 Å². The van der Waals surface area contributed by atoms with Gasteiger partial charge in [0.2, 0.25) is 0 Å². The molecule has 1 atom stereocenters. The van der Waals surface area contributed by atoms with Crippen molar-refractivity contribution < 1.29 is 0 Å². The number of nitrogens with two attached hydrogens (primary N) is 1. The van der Waals surface area contributed by atoms with Crippen LogP contribution in [0.5, 0.6) is 0 Å². The fourth-order valence-electron chi connectivity index (χ4n) is 2.34. The SMILES string of the molecule is Cc1ccc(N(C)C(C)C2CC2)c(CN)c1. The standard InChI is InChI=1S/C14H22N2/c1-10-4-7-14(13(8-10)9-15)16(3)11(2)12-5-6-12/h4,7-8,11-12H,5-6,9,15H2,1-3H3. The van der Waals surface area contributed by atoms with Gasteiger partial charge in [-0.25, -0.2) is 0 Å². The Hall–Kier alpha value is -1.02. The van der Waals surface area contributed by atoms with E-state index >= 15 is 0 Å². The molecule has 0 amide bonds. The molecule has 0 aliphatic heterocycles. The summed E-state index contributed by atoms with van der Waals surface area (Å²) in [5, 5.41) is 0. The second kappa shape index (κ2) is 4.46. The monoisotopic (exact) mass is 218 g/mol. The van der Waals surface area contributed by atoms with E-state index in [1.165, 1.54) is 29.7 Å². The summed E-state index contributed by atoms with van der Waals surface area (Å²) in [7, 11) is 2.19. The average molecular weight is 218 g/mol. The molecule has 2 N–H and O–H groups in total. The molecule has 1 aliphatic carbocycles. The van der Waals surface area contributed by atoms with Crippen LogP contribution < -0.4 is 10.6 Å². The van der Waals surface area contributed by atoms with E-state index < -0.39 is 0 Å². The number of hydrogen-bond acceptors (Lipinski definition) is 2. The summed E-state index contributed by atoms with van der Waals surface area (Å²) in [5.41, 5.74) is 9.67. The smallest absolute Gasteiger partial charge is 0.0411 e. The van der Waals surface area contributed by atoms with Gasteiger partial charge in [0.25, 0.3) is 0 Å². The second-order valence-corrected chi connectivity index (χ2v) is 5.03. The molecule has 1 saturated carbocycles. The van der Waals surface area contributed by atoms with Crippen LogP contribution in [0.25, 0.3) is 0 Å². The maximum atomic E-state index is 5.82. The van der Waals surface area contributed by atoms with Gasteiger partial charge in [-0.15, -0.1) is 0 Å². The molecule has 0 heterocycles. The van der Waals surface area contributed by atoms with Gasteiger partial charge in [0.15, 0.2) is 0 Å². The highest BCUT2D eigenvalue weighted by molar-refractivity contribution is 5.55. The van der Waals surface area contributed by atoms with Crippen LogP contribution in [0.2, 0.25) is 0 Å². The van der Waals surface area contributed by atoms with Crippen molar-refractivity contribution in [3.63, 3.8) is 0 Å². The Kier molecular flexibility index (Phi) is 3.20. The van der Waals surface area contributed by atoms with E-state index in [9.17, 15) is 0 Å². The van der Waals surface area contributed by atoms with Crippen molar-refractivity contribution in [3.8, 4) is 0 Å². The molecule has 2 heteroatoms. The highest BCUT2D eigenvalue weighted by Crippen LogP contribution is 2.37. The predicted molar refractivity (Wildman–Crippen MR) is 69.7 cm³/mol. The van der Waals surface area contributed by atoms with Crippen molar-refractivity contribution in [1.29, 1.82) is 0 Å². The topological polar surface area (TPSA) is 29.3 Å². The third-order valence-corrected chi connectivity index (χ3v) is 3.75. The maximum absolute atomic E-state index is 5.82. The third kappa shape index (κ3) is 2.22. The van der Waals surface area contributed by atoms with Crippen molar-refractivity contribution in [2.45, 2.75) is 39.3 Å². The molecule has 2 rings (SSSR count). The first-order valence-electron chi connectivity index (χ1n) is 6.16. The molecule has 1 unspecified atom stereocenters. The molecule has 0 radical (unpaired) electrons. The lowest BCUT2D eigenvalue weighted by molar-refractivity contribution is 0.607. The Balaban J connectivity index is 2.23. The molecule has 1 aromatic carbocycles. The number of anilines is 1. The zero-order valence-corrected chi connectivity index (χ0v) is 10.5. The van der Waals surface area contributed by atoms with Crippen LogP contribution in [0, 0.1) is 12.8 Å². The molecule has 2 nitrogen and oxygen atoms in total. The summed E-state index contributed by atoms with van der Waals surface area (Å²) in [5.74, 6) is 0.886. The number of rotatable bonds is 4. The first-order chi connectivity index (χ1) is 7.63. The lowest BCUT2D eigenvalue weighted by Crippen LogP contribution is -2.31. The van der Waals surface area contributed by atoms with Crippen molar-refractivity contribution in [3.05, 3.63) is 29.3 Å². The Morgan fingerprint density at radius 1 is 1.44 bits per heavy atom. The zero-order chi connectivity index (χ0) is 11.7. The van der Waals surface area contributed by atoms with Gasteiger partial charge in [-0.05, 0) is 44.2 Å². The molecule has 88 valence electrons. The van der Waals surface area contributed by atoms with E-state index in [0.29, 0.717) is 12.6 Å². The molecule has 0 saturated heterocycles. The van der Waals surface area contributed by atoms with Crippen molar-refractivity contribution in [2.24, 2.45) is 11.7 Å².